The predicted octanol–water partition coefficient (Wildman–Crippen LogP) is 4.29. The van der Waals surface area contributed by atoms with Crippen LogP contribution in [-0.2, 0) is 6.54 Å². The molecule has 8 heteroatoms. The van der Waals surface area contributed by atoms with Crippen LogP contribution in [-0.4, -0.2) is 49.7 Å². The monoisotopic (exact) mass is 554 g/mol. The number of aliphatic imine (C=N–C) groups is 1. The van der Waals surface area contributed by atoms with Crippen LogP contribution in [0, 0.1) is 0 Å². The normalized spacial score (nSPS) is 18.8. The van der Waals surface area contributed by atoms with Gasteiger partial charge in [0.1, 0.15) is 5.82 Å². The number of guanidine groups is 1. The second-order valence-corrected chi connectivity index (χ2v) is 8.40. The fourth-order valence-electron chi connectivity index (χ4n) is 4.15. The Morgan fingerprint density at radius 2 is 2.00 bits per heavy atom. The van der Waals surface area contributed by atoms with Gasteiger partial charge in [-0.15, -0.1) is 24.0 Å². The third-order valence-corrected chi connectivity index (χ3v) is 5.94. The smallest absolute Gasteiger partial charge is 0.191 e. The van der Waals surface area contributed by atoms with Crippen LogP contribution in [0.15, 0.2) is 47.6 Å². The van der Waals surface area contributed by atoms with Gasteiger partial charge in [0.25, 0.3) is 0 Å². The Hall–Kier alpha value is -1.74. The molecule has 2 aliphatic rings. The van der Waals surface area contributed by atoms with E-state index in [1.54, 1.807) is 0 Å². The molecule has 1 atom stereocenters. The molecule has 0 radical (unpaired) electrons. The molecule has 6 nitrogen and oxygen atoms in total. The summed E-state index contributed by atoms with van der Waals surface area (Å²) in [5, 5.41) is 7.78. The quantitative estimate of drug-likeness (QED) is 0.317. The van der Waals surface area contributed by atoms with Crippen molar-refractivity contribution in [3.8, 4) is 0 Å². The van der Waals surface area contributed by atoms with Crippen molar-refractivity contribution in [1.29, 1.82) is 0 Å². The van der Waals surface area contributed by atoms with Crippen LogP contribution in [0.4, 0.5) is 11.5 Å². The Labute approximate surface area is 207 Å². The van der Waals surface area contributed by atoms with Crippen molar-refractivity contribution >= 4 is 53.0 Å². The SMILES string of the molecule is CCNC(=NCc1ccnc(N2CCCC2)c1)NC1CCN(c2cccc(Cl)c2)C1.I. The maximum absolute atomic E-state index is 6.16. The first-order chi connectivity index (χ1) is 14.7. The highest BCUT2D eigenvalue weighted by atomic mass is 127. The van der Waals surface area contributed by atoms with Crippen molar-refractivity contribution in [3.63, 3.8) is 0 Å². The van der Waals surface area contributed by atoms with Crippen LogP contribution in [0.5, 0.6) is 0 Å². The first-order valence-electron chi connectivity index (χ1n) is 11.0. The third-order valence-electron chi connectivity index (χ3n) is 5.71. The lowest BCUT2D eigenvalue weighted by Gasteiger charge is -2.20. The van der Waals surface area contributed by atoms with E-state index in [-0.39, 0.29) is 24.0 Å². The van der Waals surface area contributed by atoms with Crippen LogP contribution < -0.4 is 20.4 Å². The molecule has 1 unspecified atom stereocenters. The minimum atomic E-state index is 0. The lowest BCUT2D eigenvalue weighted by atomic mass is 10.2. The van der Waals surface area contributed by atoms with Crippen LogP contribution in [0.1, 0.15) is 31.7 Å². The standard InChI is InChI=1S/C23H31ClN6.HI/c1-2-25-23(27-16-18-8-10-26-22(14-18)29-11-3-4-12-29)28-20-9-13-30(17-20)21-7-5-6-19(24)15-21;/h5-8,10,14-15,20H,2-4,9,11-13,16-17H2,1H3,(H2,25,27,28);1H. The highest BCUT2D eigenvalue weighted by Gasteiger charge is 2.23. The van der Waals surface area contributed by atoms with E-state index in [1.807, 2.05) is 24.4 Å². The molecule has 31 heavy (non-hydrogen) atoms. The second-order valence-electron chi connectivity index (χ2n) is 7.97. The molecule has 2 aliphatic heterocycles. The van der Waals surface area contributed by atoms with Crippen molar-refractivity contribution in [3.05, 3.63) is 53.2 Å². The van der Waals surface area contributed by atoms with E-state index in [1.165, 1.54) is 24.1 Å². The van der Waals surface area contributed by atoms with Gasteiger partial charge in [0.2, 0.25) is 0 Å². The summed E-state index contributed by atoms with van der Waals surface area (Å²) in [5.41, 5.74) is 2.37. The molecule has 1 aromatic heterocycles. The summed E-state index contributed by atoms with van der Waals surface area (Å²) in [7, 11) is 0. The van der Waals surface area contributed by atoms with Gasteiger partial charge < -0.3 is 20.4 Å². The largest absolute Gasteiger partial charge is 0.369 e. The second kappa shape index (κ2) is 11.8. The average Bonchev–Trinajstić information content (AvgIpc) is 3.45. The predicted molar refractivity (Wildman–Crippen MR) is 141 cm³/mol. The Morgan fingerprint density at radius 3 is 2.77 bits per heavy atom. The van der Waals surface area contributed by atoms with Crippen molar-refractivity contribution in [2.75, 3.05) is 42.5 Å². The average molecular weight is 555 g/mol. The first kappa shape index (κ1) is 23.9. The highest BCUT2D eigenvalue weighted by molar-refractivity contribution is 14.0. The molecule has 2 fully saturated rings. The molecule has 2 N–H and O–H groups in total. The van der Waals surface area contributed by atoms with Gasteiger partial charge in [-0.05, 0) is 62.1 Å². The Morgan fingerprint density at radius 1 is 1.16 bits per heavy atom. The summed E-state index contributed by atoms with van der Waals surface area (Å²) in [4.78, 5) is 14.1. The van der Waals surface area contributed by atoms with E-state index in [2.05, 4.69) is 50.5 Å². The van der Waals surface area contributed by atoms with E-state index in [0.717, 1.165) is 55.9 Å². The third kappa shape index (κ3) is 6.62. The number of anilines is 2. The van der Waals surface area contributed by atoms with Gasteiger partial charge in [-0.1, -0.05) is 17.7 Å². The number of halogens is 2. The molecule has 4 rings (SSSR count). The van der Waals surface area contributed by atoms with E-state index >= 15 is 0 Å². The molecule has 3 heterocycles. The summed E-state index contributed by atoms with van der Waals surface area (Å²) in [6.07, 6.45) is 5.49. The molecule has 2 aromatic rings. The van der Waals surface area contributed by atoms with Gasteiger partial charge in [-0.3, -0.25) is 0 Å². The number of nitrogens with one attached hydrogen (secondary N) is 2. The van der Waals surface area contributed by atoms with E-state index in [9.17, 15) is 0 Å². The van der Waals surface area contributed by atoms with Crippen molar-refractivity contribution < 1.29 is 0 Å². The molecule has 168 valence electrons. The zero-order valence-corrected chi connectivity index (χ0v) is 21.1. The molecule has 0 saturated carbocycles. The minimum absolute atomic E-state index is 0. The zero-order valence-electron chi connectivity index (χ0n) is 18.1. The summed E-state index contributed by atoms with van der Waals surface area (Å²) < 4.78 is 0. The summed E-state index contributed by atoms with van der Waals surface area (Å²) >= 11 is 6.16. The first-order valence-corrected chi connectivity index (χ1v) is 11.3. The summed E-state index contributed by atoms with van der Waals surface area (Å²) in [5.74, 6) is 1.95. The number of aromatic nitrogens is 1. The Bertz CT molecular complexity index is 871. The number of benzene rings is 1. The minimum Gasteiger partial charge on any atom is -0.369 e. The van der Waals surface area contributed by atoms with Crippen LogP contribution >= 0.6 is 35.6 Å². The maximum atomic E-state index is 6.16. The van der Waals surface area contributed by atoms with E-state index in [4.69, 9.17) is 16.6 Å². The van der Waals surface area contributed by atoms with E-state index in [0.29, 0.717) is 12.6 Å². The van der Waals surface area contributed by atoms with E-state index < -0.39 is 0 Å². The lowest BCUT2D eigenvalue weighted by molar-refractivity contribution is 0.649. The maximum Gasteiger partial charge on any atom is 0.191 e. The van der Waals surface area contributed by atoms with Gasteiger partial charge >= 0.3 is 0 Å². The molecular weight excluding hydrogens is 523 g/mol. The lowest BCUT2D eigenvalue weighted by Crippen LogP contribution is -2.44. The van der Waals surface area contributed by atoms with Crippen LogP contribution in [0.25, 0.3) is 0 Å². The molecule has 0 amide bonds. The number of pyridine rings is 1. The van der Waals surface area contributed by atoms with Crippen molar-refractivity contribution in [2.45, 2.75) is 38.8 Å². The van der Waals surface area contributed by atoms with Gasteiger partial charge in [0, 0.05) is 55.7 Å². The fraction of sp³-hybridized carbons (Fsp3) is 0.478. The summed E-state index contributed by atoms with van der Waals surface area (Å²) in [6, 6.07) is 12.7. The zero-order chi connectivity index (χ0) is 20.8. The Kier molecular flexibility index (Phi) is 9.07. The van der Waals surface area contributed by atoms with Gasteiger partial charge in [-0.25, -0.2) is 9.98 Å². The molecule has 2 saturated heterocycles. The van der Waals surface area contributed by atoms with Gasteiger partial charge in [-0.2, -0.15) is 0 Å². The number of rotatable bonds is 6. The van der Waals surface area contributed by atoms with Crippen LogP contribution in [0.2, 0.25) is 5.02 Å². The van der Waals surface area contributed by atoms with Gasteiger partial charge in [0.05, 0.1) is 6.54 Å². The number of hydrogen-bond acceptors (Lipinski definition) is 4. The molecule has 0 aliphatic carbocycles. The molecule has 0 bridgehead atoms. The molecular formula is C23H32ClIN6. The fourth-order valence-corrected chi connectivity index (χ4v) is 4.33. The van der Waals surface area contributed by atoms with Gasteiger partial charge in [0.15, 0.2) is 5.96 Å². The Balaban J connectivity index is 0.00000272. The number of nitrogens with zero attached hydrogens (tertiary/aromatic N) is 4. The van der Waals surface area contributed by atoms with Crippen molar-refractivity contribution in [2.24, 2.45) is 4.99 Å². The summed E-state index contributed by atoms with van der Waals surface area (Å²) in [6.45, 7) is 7.75. The molecule has 0 spiro atoms. The molecule has 1 aromatic carbocycles. The number of hydrogen-bond donors (Lipinski definition) is 2. The van der Waals surface area contributed by atoms with Crippen molar-refractivity contribution in [1.82, 2.24) is 15.6 Å². The van der Waals surface area contributed by atoms with Crippen LogP contribution in [0.3, 0.4) is 0 Å². The highest BCUT2D eigenvalue weighted by Crippen LogP contribution is 2.23. The topological polar surface area (TPSA) is 55.8 Å².